The fraction of sp³-hybridized carbons (Fsp3) is 0.250. The van der Waals surface area contributed by atoms with Gasteiger partial charge in [-0.15, -0.1) is 0 Å². The van der Waals surface area contributed by atoms with Crippen LogP contribution in [0.25, 0.3) is 0 Å². The van der Waals surface area contributed by atoms with E-state index < -0.39 is 0 Å². The van der Waals surface area contributed by atoms with Gasteiger partial charge in [-0.1, -0.05) is 25.1 Å². The first-order valence-corrected chi connectivity index (χ1v) is 6.86. The first kappa shape index (κ1) is 13.3. The number of nitriles is 1. The second-order valence-electron chi connectivity index (χ2n) is 4.85. The number of nitrogens with zero attached hydrogens (tertiary/aromatic N) is 2. The number of hydrogen-bond donors (Lipinski definition) is 2. The summed E-state index contributed by atoms with van der Waals surface area (Å²) in [6.07, 6.45) is 2.59. The predicted molar refractivity (Wildman–Crippen MR) is 80.0 cm³/mol. The summed E-state index contributed by atoms with van der Waals surface area (Å²) in [5.74, 6) is 1.40. The number of rotatable bonds is 3. The Bertz CT molecular complexity index is 739. The van der Waals surface area contributed by atoms with E-state index in [1.807, 2.05) is 37.4 Å². The fourth-order valence-electron chi connectivity index (χ4n) is 2.80. The summed E-state index contributed by atoms with van der Waals surface area (Å²) in [5.41, 5.74) is 3.57. The van der Waals surface area contributed by atoms with Crippen molar-refractivity contribution in [3.05, 3.63) is 52.9 Å². The van der Waals surface area contributed by atoms with E-state index in [2.05, 4.69) is 21.6 Å². The number of allylic oxidation sites excluding steroid dienone is 2. The highest BCUT2D eigenvalue weighted by Gasteiger charge is 2.32. The van der Waals surface area contributed by atoms with E-state index in [1.54, 1.807) is 7.11 Å². The van der Waals surface area contributed by atoms with Crippen LogP contribution in [-0.4, -0.2) is 17.3 Å². The van der Waals surface area contributed by atoms with Gasteiger partial charge in [0.05, 0.1) is 24.7 Å². The predicted octanol–water partition coefficient (Wildman–Crippen LogP) is 3.16. The third-order valence-corrected chi connectivity index (χ3v) is 3.79. The topological polar surface area (TPSA) is 73.7 Å². The Morgan fingerprint density at radius 3 is 2.86 bits per heavy atom. The number of aromatic amines is 1. The van der Waals surface area contributed by atoms with Crippen LogP contribution in [0.2, 0.25) is 0 Å². The number of H-pyrrole nitrogens is 1. The minimum atomic E-state index is -0.156. The first-order valence-electron chi connectivity index (χ1n) is 6.86. The second-order valence-corrected chi connectivity index (χ2v) is 4.85. The lowest BCUT2D eigenvalue weighted by Gasteiger charge is -2.26. The Balaban J connectivity index is 2.24. The molecule has 0 amide bonds. The van der Waals surface area contributed by atoms with Gasteiger partial charge in [0.2, 0.25) is 0 Å². The molecule has 0 radical (unpaired) electrons. The number of benzene rings is 1. The second kappa shape index (κ2) is 5.33. The van der Waals surface area contributed by atoms with E-state index >= 15 is 0 Å². The standard InChI is InChI=1S/C16H16N4O/c1-3-13-11(8-17)15(12-9-18-20-16(12)19-13)10-6-4-5-7-14(10)21-2/h4-7,9,15H,3H2,1-2H3,(H2,18,19,20). The number of methoxy groups -OCH3 is 1. The van der Waals surface area contributed by atoms with Crippen molar-refractivity contribution in [3.8, 4) is 11.8 Å². The number of hydrogen-bond acceptors (Lipinski definition) is 4. The molecule has 2 N–H and O–H groups in total. The fourth-order valence-corrected chi connectivity index (χ4v) is 2.80. The van der Waals surface area contributed by atoms with Crippen molar-refractivity contribution in [2.75, 3.05) is 12.4 Å². The van der Waals surface area contributed by atoms with Gasteiger partial charge in [0.15, 0.2) is 5.82 Å². The minimum absolute atomic E-state index is 0.156. The van der Waals surface area contributed by atoms with Gasteiger partial charge in [-0.05, 0) is 12.5 Å². The summed E-state index contributed by atoms with van der Waals surface area (Å²) < 4.78 is 5.47. The zero-order valence-electron chi connectivity index (χ0n) is 12.0. The van der Waals surface area contributed by atoms with Gasteiger partial charge in [-0.2, -0.15) is 10.4 Å². The highest BCUT2D eigenvalue weighted by atomic mass is 16.5. The highest BCUT2D eigenvalue weighted by molar-refractivity contribution is 5.65. The zero-order valence-corrected chi connectivity index (χ0v) is 12.0. The molecule has 0 aliphatic carbocycles. The molecule has 106 valence electrons. The molecule has 5 heteroatoms. The Labute approximate surface area is 123 Å². The molecule has 21 heavy (non-hydrogen) atoms. The van der Waals surface area contributed by atoms with Crippen molar-refractivity contribution >= 4 is 5.82 Å². The van der Waals surface area contributed by atoms with Gasteiger partial charge in [0.1, 0.15) is 5.75 Å². The molecule has 0 saturated heterocycles. The maximum absolute atomic E-state index is 9.63. The Morgan fingerprint density at radius 1 is 1.33 bits per heavy atom. The molecule has 1 aliphatic heterocycles. The molecule has 1 atom stereocenters. The summed E-state index contributed by atoms with van der Waals surface area (Å²) in [6.45, 7) is 2.02. The van der Waals surface area contributed by atoms with E-state index in [0.717, 1.165) is 40.4 Å². The molecule has 3 rings (SSSR count). The van der Waals surface area contributed by atoms with E-state index in [4.69, 9.17) is 4.74 Å². The third-order valence-electron chi connectivity index (χ3n) is 3.79. The molecule has 2 aromatic rings. The maximum atomic E-state index is 9.63. The van der Waals surface area contributed by atoms with Crippen LogP contribution in [0.1, 0.15) is 30.4 Å². The van der Waals surface area contributed by atoms with Gasteiger partial charge in [0.25, 0.3) is 0 Å². The summed E-state index contributed by atoms with van der Waals surface area (Å²) in [4.78, 5) is 0. The molecule has 5 nitrogen and oxygen atoms in total. The molecule has 1 aromatic heterocycles. The molecule has 2 heterocycles. The van der Waals surface area contributed by atoms with E-state index in [1.165, 1.54) is 0 Å². The number of fused-ring (bicyclic) bond motifs is 1. The average Bonchev–Trinajstić information content (AvgIpc) is 3.00. The Kier molecular flexibility index (Phi) is 3.36. The van der Waals surface area contributed by atoms with Crippen LogP contribution in [0.15, 0.2) is 41.7 Å². The lowest BCUT2D eigenvalue weighted by molar-refractivity contribution is 0.409. The van der Waals surface area contributed by atoms with Crippen molar-refractivity contribution < 1.29 is 4.74 Å². The molecular formula is C16H16N4O. The molecule has 0 bridgehead atoms. The summed E-state index contributed by atoms with van der Waals surface area (Å²) in [6, 6.07) is 10.2. The van der Waals surface area contributed by atoms with Gasteiger partial charge < -0.3 is 10.1 Å². The first-order chi connectivity index (χ1) is 10.3. The summed E-state index contributed by atoms with van der Waals surface area (Å²) in [5, 5.41) is 20.0. The van der Waals surface area contributed by atoms with Crippen LogP contribution >= 0.6 is 0 Å². The third kappa shape index (κ3) is 2.05. The molecule has 0 spiro atoms. The van der Waals surface area contributed by atoms with E-state index in [9.17, 15) is 5.26 Å². The normalized spacial score (nSPS) is 16.9. The van der Waals surface area contributed by atoms with Crippen LogP contribution < -0.4 is 10.1 Å². The zero-order chi connectivity index (χ0) is 14.8. The molecule has 1 aliphatic rings. The number of para-hydroxylation sites is 1. The van der Waals surface area contributed by atoms with Crippen molar-refractivity contribution in [1.29, 1.82) is 5.26 Å². The van der Waals surface area contributed by atoms with Crippen LogP contribution in [0.4, 0.5) is 5.82 Å². The van der Waals surface area contributed by atoms with Gasteiger partial charge in [-0.25, -0.2) is 0 Å². The van der Waals surface area contributed by atoms with Crippen molar-refractivity contribution in [2.24, 2.45) is 0 Å². The van der Waals surface area contributed by atoms with Gasteiger partial charge in [-0.3, -0.25) is 5.10 Å². The summed E-state index contributed by atoms with van der Waals surface area (Å²) in [7, 11) is 1.65. The Hall–Kier alpha value is -2.74. The van der Waals surface area contributed by atoms with Crippen molar-refractivity contribution in [1.82, 2.24) is 10.2 Å². The van der Waals surface area contributed by atoms with Crippen molar-refractivity contribution in [2.45, 2.75) is 19.3 Å². The van der Waals surface area contributed by atoms with Crippen LogP contribution in [0.3, 0.4) is 0 Å². The molecule has 0 saturated carbocycles. The van der Waals surface area contributed by atoms with Gasteiger partial charge in [0, 0.05) is 23.0 Å². The average molecular weight is 280 g/mol. The van der Waals surface area contributed by atoms with Crippen LogP contribution in [-0.2, 0) is 0 Å². The summed E-state index contributed by atoms with van der Waals surface area (Å²) >= 11 is 0. The smallest absolute Gasteiger partial charge is 0.156 e. The number of ether oxygens (including phenoxy) is 1. The lowest BCUT2D eigenvalue weighted by atomic mass is 9.82. The molecule has 1 unspecified atom stereocenters. The quantitative estimate of drug-likeness (QED) is 0.905. The molecule has 0 fully saturated rings. The highest BCUT2D eigenvalue weighted by Crippen LogP contribution is 2.43. The minimum Gasteiger partial charge on any atom is -0.496 e. The number of nitrogens with one attached hydrogen (secondary N) is 2. The monoisotopic (exact) mass is 280 g/mol. The Morgan fingerprint density at radius 2 is 2.14 bits per heavy atom. The largest absolute Gasteiger partial charge is 0.496 e. The number of anilines is 1. The van der Waals surface area contributed by atoms with E-state index in [-0.39, 0.29) is 5.92 Å². The van der Waals surface area contributed by atoms with Crippen molar-refractivity contribution in [3.63, 3.8) is 0 Å². The number of aromatic nitrogens is 2. The lowest BCUT2D eigenvalue weighted by Crippen LogP contribution is -2.17. The SMILES string of the molecule is CCC1=C(C#N)C(c2ccccc2OC)c2c[nH]nc2N1. The maximum Gasteiger partial charge on any atom is 0.156 e. The molecule has 1 aromatic carbocycles. The van der Waals surface area contributed by atoms with E-state index in [0.29, 0.717) is 0 Å². The molecular weight excluding hydrogens is 264 g/mol. The van der Waals surface area contributed by atoms with Gasteiger partial charge >= 0.3 is 0 Å². The van der Waals surface area contributed by atoms with Crippen LogP contribution in [0, 0.1) is 11.3 Å². The van der Waals surface area contributed by atoms with Crippen LogP contribution in [0.5, 0.6) is 5.75 Å².